The van der Waals surface area contributed by atoms with E-state index in [0.717, 1.165) is 22.2 Å². The van der Waals surface area contributed by atoms with E-state index in [4.69, 9.17) is 0 Å². The summed E-state index contributed by atoms with van der Waals surface area (Å²) >= 11 is 2.24. The fourth-order valence-corrected chi connectivity index (χ4v) is 2.21. The molecule has 0 N–H and O–H groups in total. The molecule has 0 aromatic carbocycles. The lowest BCUT2D eigenvalue weighted by atomic mass is 9.97. The van der Waals surface area contributed by atoms with Crippen LogP contribution in [0.1, 0.15) is 23.8 Å². The van der Waals surface area contributed by atoms with Gasteiger partial charge in [-0.2, -0.15) is 0 Å². The Morgan fingerprint density at radius 3 is 3.17 bits per heavy atom. The second-order valence-electron chi connectivity index (χ2n) is 3.29. The summed E-state index contributed by atoms with van der Waals surface area (Å²) in [5.41, 5.74) is 0.887. The van der Waals surface area contributed by atoms with Crippen molar-refractivity contribution in [3.63, 3.8) is 0 Å². The molecular weight excluding hydrogens is 265 g/mol. The second kappa shape index (κ2) is 2.87. The number of fused-ring (bicyclic) bond motifs is 1. The molecule has 2 nitrogen and oxygen atoms in total. The molecule has 1 aromatic rings. The van der Waals surface area contributed by atoms with Crippen LogP contribution in [-0.4, -0.2) is 10.4 Å². The van der Waals surface area contributed by atoms with Crippen molar-refractivity contribution in [2.24, 2.45) is 5.92 Å². The van der Waals surface area contributed by atoms with Crippen LogP contribution in [0.4, 0.5) is 0 Å². The van der Waals surface area contributed by atoms with Crippen LogP contribution in [0.25, 0.3) is 0 Å². The minimum Gasteiger partial charge on any atom is -0.344 e. The highest BCUT2D eigenvalue weighted by Gasteiger charge is 2.23. The minimum absolute atomic E-state index is 0.211. The van der Waals surface area contributed by atoms with Crippen LogP contribution < -0.4 is 0 Å². The van der Waals surface area contributed by atoms with Crippen LogP contribution in [0.3, 0.4) is 0 Å². The van der Waals surface area contributed by atoms with Crippen molar-refractivity contribution in [2.45, 2.75) is 19.9 Å². The lowest BCUT2D eigenvalue weighted by molar-refractivity contribution is 0.0891. The summed E-state index contributed by atoms with van der Waals surface area (Å²) in [6.07, 6.45) is 3.02. The molecule has 1 aromatic heterocycles. The van der Waals surface area contributed by atoms with Gasteiger partial charge in [0.15, 0.2) is 5.78 Å². The summed E-state index contributed by atoms with van der Waals surface area (Å²) in [5, 5.41) is 0. The van der Waals surface area contributed by atoms with E-state index < -0.39 is 0 Å². The number of halogens is 1. The Bertz CT molecular complexity index is 329. The van der Waals surface area contributed by atoms with Gasteiger partial charge in [0.25, 0.3) is 0 Å². The Kier molecular flexibility index (Phi) is 1.98. The molecule has 0 fully saturated rings. The molecule has 0 bridgehead atoms. The molecule has 1 aliphatic heterocycles. The van der Waals surface area contributed by atoms with Crippen LogP contribution in [0.15, 0.2) is 12.3 Å². The largest absolute Gasteiger partial charge is 0.344 e. The van der Waals surface area contributed by atoms with E-state index in [0.29, 0.717) is 5.78 Å². The average Bonchev–Trinajstić information content (AvgIpc) is 2.39. The molecule has 0 aliphatic carbocycles. The molecule has 0 saturated carbocycles. The average molecular weight is 275 g/mol. The number of nitrogens with zero attached hydrogens (tertiary/aromatic N) is 1. The summed E-state index contributed by atoms with van der Waals surface area (Å²) in [6, 6.07) is 1.97. The van der Waals surface area contributed by atoms with Crippen molar-refractivity contribution in [1.82, 2.24) is 4.57 Å². The van der Waals surface area contributed by atoms with Gasteiger partial charge in [-0.15, -0.1) is 0 Å². The molecule has 1 aliphatic rings. The third-order valence-electron chi connectivity index (χ3n) is 2.37. The molecule has 64 valence electrons. The monoisotopic (exact) mass is 275 g/mol. The molecule has 0 spiro atoms. The fourth-order valence-electron chi connectivity index (χ4n) is 1.58. The van der Waals surface area contributed by atoms with Gasteiger partial charge in [-0.3, -0.25) is 4.79 Å². The first-order valence-corrected chi connectivity index (χ1v) is 5.16. The quantitative estimate of drug-likeness (QED) is 0.666. The maximum atomic E-state index is 11.6. The number of aromatic nitrogens is 1. The normalized spacial score (nSPS) is 22.5. The Balaban J connectivity index is 2.48. The van der Waals surface area contributed by atoms with Gasteiger partial charge in [0, 0.05) is 22.2 Å². The van der Waals surface area contributed by atoms with Crippen molar-refractivity contribution in [1.29, 1.82) is 0 Å². The number of carbonyl (C=O) groups excluding carboxylic acids is 1. The number of aryl methyl sites for hydroxylation is 1. The van der Waals surface area contributed by atoms with Gasteiger partial charge in [0.1, 0.15) is 0 Å². The predicted molar refractivity (Wildman–Crippen MR) is 55.3 cm³/mol. The number of Topliss-reactive ketones (excluding diaryl/α,β-unsaturated/α-hetero) is 1. The van der Waals surface area contributed by atoms with E-state index in [1.54, 1.807) is 0 Å². The predicted octanol–water partition coefficient (Wildman–Crippen LogP) is 2.32. The lowest BCUT2D eigenvalue weighted by Gasteiger charge is -2.19. The topological polar surface area (TPSA) is 22.0 Å². The fraction of sp³-hybridized carbons (Fsp3) is 0.444. The smallest absolute Gasteiger partial charge is 0.182 e. The number of hydrogen-bond acceptors (Lipinski definition) is 1. The summed E-state index contributed by atoms with van der Waals surface area (Å²) in [4.78, 5) is 11.6. The van der Waals surface area contributed by atoms with Crippen LogP contribution in [0, 0.1) is 9.49 Å². The van der Waals surface area contributed by atoms with Crippen molar-refractivity contribution in [3.05, 3.63) is 21.5 Å². The summed E-state index contributed by atoms with van der Waals surface area (Å²) in [5.74, 6) is 0.507. The summed E-state index contributed by atoms with van der Waals surface area (Å²) < 4.78 is 3.22. The molecule has 2 heterocycles. The van der Waals surface area contributed by atoms with Crippen molar-refractivity contribution >= 4 is 28.4 Å². The first-order chi connectivity index (χ1) is 5.68. The van der Waals surface area contributed by atoms with Crippen LogP contribution in [-0.2, 0) is 6.54 Å². The highest BCUT2D eigenvalue weighted by molar-refractivity contribution is 14.1. The number of carbonyl (C=O) groups is 1. The molecule has 1 atom stereocenters. The lowest BCUT2D eigenvalue weighted by Crippen LogP contribution is -2.23. The zero-order chi connectivity index (χ0) is 8.72. The Morgan fingerprint density at radius 1 is 1.67 bits per heavy atom. The molecular formula is C9H10INO. The van der Waals surface area contributed by atoms with E-state index in [-0.39, 0.29) is 5.92 Å². The highest BCUT2D eigenvalue weighted by Crippen LogP contribution is 2.22. The second-order valence-corrected chi connectivity index (χ2v) is 4.54. The van der Waals surface area contributed by atoms with Crippen molar-refractivity contribution in [2.75, 3.05) is 0 Å². The van der Waals surface area contributed by atoms with E-state index in [1.807, 2.05) is 19.2 Å². The van der Waals surface area contributed by atoms with E-state index >= 15 is 0 Å². The number of rotatable bonds is 0. The third kappa shape index (κ3) is 1.20. The van der Waals surface area contributed by atoms with Crippen LogP contribution in [0.5, 0.6) is 0 Å². The molecule has 12 heavy (non-hydrogen) atoms. The Hall–Kier alpha value is -0.320. The Morgan fingerprint density at radius 2 is 2.42 bits per heavy atom. The maximum Gasteiger partial charge on any atom is 0.182 e. The van der Waals surface area contributed by atoms with E-state index in [1.165, 1.54) is 0 Å². The van der Waals surface area contributed by atoms with E-state index in [2.05, 4.69) is 27.2 Å². The summed E-state index contributed by atoms with van der Waals surface area (Å²) in [6.45, 7) is 3.00. The Labute approximate surface area is 85.1 Å². The first kappa shape index (κ1) is 8.29. The minimum atomic E-state index is 0.211. The summed E-state index contributed by atoms with van der Waals surface area (Å²) in [7, 11) is 0. The van der Waals surface area contributed by atoms with Crippen molar-refractivity contribution in [3.8, 4) is 0 Å². The van der Waals surface area contributed by atoms with E-state index in [9.17, 15) is 4.79 Å². The molecule has 3 heteroatoms. The van der Waals surface area contributed by atoms with Crippen LogP contribution in [0.2, 0.25) is 0 Å². The zero-order valence-corrected chi connectivity index (χ0v) is 9.04. The SMILES string of the molecule is CC1CCn2cc(I)cc2C1=O. The van der Waals surface area contributed by atoms with Gasteiger partial charge < -0.3 is 4.57 Å². The van der Waals surface area contributed by atoms with Gasteiger partial charge in [-0.05, 0) is 35.1 Å². The van der Waals surface area contributed by atoms with Crippen molar-refractivity contribution < 1.29 is 4.79 Å². The standard InChI is InChI=1S/C9H10INO/c1-6-2-3-11-5-7(10)4-8(11)9(6)12/h4-6H,2-3H2,1H3. The molecule has 0 amide bonds. The zero-order valence-electron chi connectivity index (χ0n) is 6.88. The van der Waals surface area contributed by atoms with Crippen LogP contribution >= 0.6 is 22.6 Å². The number of ketones is 1. The van der Waals surface area contributed by atoms with Gasteiger partial charge in [0.05, 0.1) is 5.69 Å². The molecule has 1 unspecified atom stereocenters. The molecule has 2 rings (SSSR count). The molecule has 0 radical (unpaired) electrons. The van der Waals surface area contributed by atoms with Gasteiger partial charge >= 0.3 is 0 Å². The van der Waals surface area contributed by atoms with Gasteiger partial charge in [-0.1, -0.05) is 6.92 Å². The maximum absolute atomic E-state index is 11.6. The number of hydrogen-bond donors (Lipinski definition) is 0. The first-order valence-electron chi connectivity index (χ1n) is 4.08. The molecule has 0 saturated heterocycles. The highest BCUT2D eigenvalue weighted by atomic mass is 127. The third-order valence-corrected chi connectivity index (χ3v) is 2.96. The van der Waals surface area contributed by atoms with Gasteiger partial charge in [0.2, 0.25) is 0 Å². The van der Waals surface area contributed by atoms with Gasteiger partial charge in [-0.25, -0.2) is 0 Å².